The summed E-state index contributed by atoms with van der Waals surface area (Å²) < 4.78 is 7.90. The molecule has 0 saturated heterocycles. The highest BCUT2D eigenvalue weighted by Gasteiger charge is 2.16. The summed E-state index contributed by atoms with van der Waals surface area (Å²) >= 11 is 3.26. The van der Waals surface area contributed by atoms with Gasteiger partial charge in [-0.1, -0.05) is 12.8 Å². The third kappa shape index (κ3) is 2.24. The van der Waals surface area contributed by atoms with E-state index in [1.54, 1.807) is 4.68 Å². The van der Waals surface area contributed by atoms with Crippen molar-refractivity contribution in [2.45, 2.75) is 38.5 Å². The SMILES string of the molecule is Nc1nc(Br)n(COC2CCCC2)n1. The molecule has 0 aromatic carbocycles. The predicted octanol–water partition coefficient (Wildman–Crippen LogP) is 1.54. The highest BCUT2D eigenvalue weighted by Crippen LogP contribution is 2.21. The molecule has 0 amide bonds. The van der Waals surface area contributed by atoms with Crippen molar-refractivity contribution in [2.75, 3.05) is 5.73 Å². The van der Waals surface area contributed by atoms with E-state index in [0.29, 0.717) is 17.6 Å². The molecule has 5 nitrogen and oxygen atoms in total. The fourth-order valence-corrected chi connectivity index (χ4v) is 2.02. The van der Waals surface area contributed by atoms with Crippen molar-refractivity contribution < 1.29 is 4.74 Å². The average Bonchev–Trinajstić information content (AvgIpc) is 2.72. The van der Waals surface area contributed by atoms with Crippen LogP contribution in [0.4, 0.5) is 5.95 Å². The van der Waals surface area contributed by atoms with Gasteiger partial charge in [0.2, 0.25) is 5.95 Å². The van der Waals surface area contributed by atoms with Gasteiger partial charge in [0.25, 0.3) is 0 Å². The van der Waals surface area contributed by atoms with Crippen LogP contribution in [0.1, 0.15) is 25.7 Å². The van der Waals surface area contributed by atoms with Gasteiger partial charge in [-0.15, -0.1) is 5.10 Å². The second-order valence-electron chi connectivity index (χ2n) is 3.44. The number of ether oxygens (including phenoxy) is 1. The van der Waals surface area contributed by atoms with Crippen LogP contribution in [0, 0.1) is 0 Å². The lowest BCUT2D eigenvalue weighted by Crippen LogP contribution is -2.12. The quantitative estimate of drug-likeness (QED) is 0.896. The van der Waals surface area contributed by atoms with E-state index in [1.165, 1.54) is 12.8 Å². The Morgan fingerprint density at radius 2 is 2.21 bits per heavy atom. The van der Waals surface area contributed by atoms with Gasteiger partial charge < -0.3 is 10.5 Å². The van der Waals surface area contributed by atoms with Crippen molar-refractivity contribution in [3.05, 3.63) is 4.73 Å². The van der Waals surface area contributed by atoms with E-state index < -0.39 is 0 Å². The number of hydrogen-bond donors (Lipinski definition) is 1. The zero-order valence-corrected chi connectivity index (χ0v) is 9.40. The van der Waals surface area contributed by atoms with Crippen molar-refractivity contribution >= 4 is 21.9 Å². The summed E-state index contributed by atoms with van der Waals surface area (Å²) in [6.07, 6.45) is 5.23. The first-order chi connectivity index (χ1) is 6.75. The smallest absolute Gasteiger partial charge is 0.240 e. The average molecular weight is 261 g/mol. The number of halogens is 1. The molecule has 1 aliphatic rings. The molecule has 2 N–H and O–H groups in total. The minimum absolute atomic E-state index is 0.270. The van der Waals surface area contributed by atoms with Crippen molar-refractivity contribution in [2.24, 2.45) is 0 Å². The molecule has 1 fully saturated rings. The molecule has 2 rings (SSSR count). The maximum absolute atomic E-state index is 5.66. The van der Waals surface area contributed by atoms with Gasteiger partial charge in [0.05, 0.1) is 6.10 Å². The zero-order chi connectivity index (χ0) is 9.97. The van der Waals surface area contributed by atoms with Crippen LogP contribution in [0.3, 0.4) is 0 Å². The molecule has 0 atom stereocenters. The van der Waals surface area contributed by atoms with E-state index in [4.69, 9.17) is 10.5 Å². The molecule has 0 unspecified atom stereocenters. The summed E-state index contributed by atoms with van der Waals surface area (Å²) in [5, 5.41) is 3.98. The maximum Gasteiger partial charge on any atom is 0.240 e. The summed E-state index contributed by atoms with van der Waals surface area (Å²) in [4.78, 5) is 3.92. The first-order valence-corrected chi connectivity index (χ1v) is 5.52. The molecule has 78 valence electrons. The van der Waals surface area contributed by atoms with Crippen molar-refractivity contribution in [1.82, 2.24) is 14.8 Å². The molecular weight excluding hydrogens is 248 g/mol. The molecule has 1 aliphatic carbocycles. The predicted molar refractivity (Wildman–Crippen MR) is 55.5 cm³/mol. The molecule has 1 saturated carbocycles. The molecule has 1 aromatic heterocycles. The molecule has 6 heteroatoms. The van der Waals surface area contributed by atoms with E-state index in [1.807, 2.05) is 0 Å². The van der Waals surface area contributed by atoms with Crippen molar-refractivity contribution in [3.63, 3.8) is 0 Å². The van der Waals surface area contributed by atoms with E-state index >= 15 is 0 Å². The minimum Gasteiger partial charge on any atom is -0.366 e. The van der Waals surface area contributed by atoms with Crippen LogP contribution < -0.4 is 5.73 Å². The maximum atomic E-state index is 5.66. The van der Waals surface area contributed by atoms with Crippen LogP contribution in [0.2, 0.25) is 0 Å². The van der Waals surface area contributed by atoms with Crippen LogP contribution in [0.15, 0.2) is 4.73 Å². The molecule has 1 heterocycles. The summed E-state index contributed by atoms with van der Waals surface area (Å²) in [6, 6.07) is 0. The Kier molecular flexibility index (Phi) is 3.02. The standard InChI is InChI=1S/C8H13BrN4O/c9-7-11-8(10)12-13(7)5-14-6-3-1-2-4-6/h6H,1-5H2,(H2,10,12). The number of nitrogen functional groups attached to an aromatic ring is 1. The molecule has 14 heavy (non-hydrogen) atoms. The van der Waals surface area contributed by atoms with E-state index in [2.05, 4.69) is 26.0 Å². The third-order valence-corrected chi connectivity index (χ3v) is 2.96. The number of nitrogens with two attached hydrogens (primary N) is 1. The second-order valence-corrected chi connectivity index (χ2v) is 4.15. The Balaban J connectivity index is 1.87. The Labute approximate surface area is 90.8 Å². The Hall–Kier alpha value is -0.620. The van der Waals surface area contributed by atoms with E-state index in [9.17, 15) is 0 Å². The number of aromatic nitrogens is 3. The van der Waals surface area contributed by atoms with Gasteiger partial charge in [-0.2, -0.15) is 4.98 Å². The number of rotatable bonds is 3. The van der Waals surface area contributed by atoms with Gasteiger partial charge in [0, 0.05) is 0 Å². The third-order valence-electron chi connectivity index (χ3n) is 2.38. The van der Waals surface area contributed by atoms with Crippen LogP contribution >= 0.6 is 15.9 Å². The van der Waals surface area contributed by atoms with Gasteiger partial charge in [0.15, 0.2) is 4.73 Å². The van der Waals surface area contributed by atoms with Gasteiger partial charge in [-0.25, -0.2) is 4.68 Å². The van der Waals surface area contributed by atoms with Gasteiger partial charge in [-0.3, -0.25) is 0 Å². The lowest BCUT2D eigenvalue weighted by atomic mass is 10.3. The lowest BCUT2D eigenvalue weighted by Gasteiger charge is -2.10. The molecule has 0 spiro atoms. The zero-order valence-electron chi connectivity index (χ0n) is 7.82. The fraction of sp³-hybridized carbons (Fsp3) is 0.750. The molecular formula is C8H13BrN4O. The van der Waals surface area contributed by atoms with E-state index in [0.717, 1.165) is 12.8 Å². The molecule has 0 bridgehead atoms. The Morgan fingerprint density at radius 3 is 2.79 bits per heavy atom. The largest absolute Gasteiger partial charge is 0.366 e. The topological polar surface area (TPSA) is 66.0 Å². The first-order valence-electron chi connectivity index (χ1n) is 4.73. The summed E-state index contributed by atoms with van der Waals surface area (Å²) in [5.74, 6) is 0.270. The summed E-state index contributed by atoms with van der Waals surface area (Å²) in [6.45, 7) is 0.426. The van der Waals surface area contributed by atoms with Crippen LogP contribution in [-0.4, -0.2) is 20.9 Å². The Morgan fingerprint density at radius 1 is 1.50 bits per heavy atom. The van der Waals surface area contributed by atoms with Crippen LogP contribution in [-0.2, 0) is 11.5 Å². The minimum atomic E-state index is 0.270. The number of hydrogen-bond acceptors (Lipinski definition) is 4. The monoisotopic (exact) mass is 260 g/mol. The molecule has 1 aromatic rings. The first kappa shape index (κ1) is 9.92. The number of nitrogens with zero attached hydrogens (tertiary/aromatic N) is 3. The molecule has 0 radical (unpaired) electrons. The van der Waals surface area contributed by atoms with E-state index in [-0.39, 0.29) is 5.95 Å². The van der Waals surface area contributed by atoms with Crippen molar-refractivity contribution in [1.29, 1.82) is 0 Å². The van der Waals surface area contributed by atoms with Crippen LogP contribution in [0.25, 0.3) is 0 Å². The van der Waals surface area contributed by atoms with Crippen molar-refractivity contribution in [3.8, 4) is 0 Å². The number of anilines is 1. The summed E-state index contributed by atoms with van der Waals surface area (Å²) in [7, 11) is 0. The fourth-order valence-electron chi connectivity index (χ4n) is 1.65. The normalized spacial score (nSPS) is 17.8. The Bertz CT molecular complexity index is 308. The molecule has 0 aliphatic heterocycles. The van der Waals surface area contributed by atoms with Crippen LogP contribution in [0.5, 0.6) is 0 Å². The highest BCUT2D eigenvalue weighted by molar-refractivity contribution is 9.10. The van der Waals surface area contributed by atoms with Gasteiger partial charge >= 0.3 is 0 Å². The van der Waals surface area contributed by atoms with Gasteiger partial charge in [0.1, 0.15) is 6.73 Å². The lowest BCUT2D eigenvalue weighted by molar-refractivity contribution is 0.00423. The second kappa shape index (κ2) is 4.27. The highest BCUT2D eigenvalue weighted by atomic mass is 79.9. The summed E-state index contributed by atoms with van der Waals surface area (Å²) in [5.41, 5.74) is 5.43. The van der Waals surface area contributed by atoms with Gasteiger partial charge in [-0.05, 0) is 28.8 Å².